The number of fused-ring (bicyclic) bond motifs is 2. The maximum atomic E-state index is 16.1. The Kier molecular flexibility index (Phi) is 5.48. The van der Waals surface area contributed by atoms with E-state index < -0.39 is 5.82 Å². The van der Waals surface area contributed by atoms with E-state index in [4.69, 9.17) is 4.74 Å². The number of ether oxygens (including phenoxy) is 1. The van der Waals surface area contributed by atoms with Gasteiger partial charge in [0.2, 0.25) is 0 Å². The molecule has 1 fully saturated rings. The standard InChI is InChI=1S/C26H27FN4O2/c1-4-16-9-7-10-17-12-18(32)13-19(21(16)17)23-22(27)24-20(14-28-23)25(30-26(29-24)33-3)31-11-6-5-8-15(31)2/h7,9-10,12-15,32H,4-6,8,11H2,1-3H3. The number of rotatable bonds is 4. The van der Waals surface area contributed by atoms with Crippen LogP contribution in [0.15, 0.2) is 36.5 Å². The summed E-state index contributed by atoms with van der Waals surface area (Å²) < 4.78 is 21.4. The average Bonchev–Trinajstić information content (AvgIpc) is 2.83. The molecule has 0 radical (unpaired) electrons. The van der Waals surface area contributed by atoms with Gasteiger partial charge in [-0.3, -0.25) is 4.98 Å². The van der Waals surface area contributed by atoms with E-state index >= 15 is 4.39 Å². The molecule has 3 heterocycles. The van der Waals surface area contributed by atoms with E-state index in [9.17, 15) is 5.11 Å². The van der Waals surface area contributed by atoms with Crippen molar-refractivity contribution in [3.8, 4) is 23.0 Å². The summed E-state index contributed by atoms with van der Waals surface area (Å²) in [6, 6.07) is 9.55. The Hall–Kier alpha value is -3.48. The van der Waals surface area contributed by atoms with E-state index in [1.165, 1.54) is 13.5 Å². The molecule has 0 spiro atoms. The first-order valence-electron chi connectivity index (χ1n) is 11.4. The van der Waals surface area contributed by atoms with E-state index in [0.717, 1.165) is 42.1 Å². The molecule has 2 aromatic carbocycles. The summed E-state index contributed by atoms with van der Waals surface area (Å²) in [5, 5.41) is 12.6. The monoisotopic (exact) mass is 446 g/mol. The highest BCUT2D eigenvalue weighted by Crippen LogP contribution is 2.38. The van der Waals surface area contributed by atoms with Crippen molar-refractivity contribution in [2.45, 2.75) is 45.6 Å². The largest absolute Gasteiger partial charge is 0.508 e. The van der Waals surface area contributed by atoms with Gasteiger partial charge in [-0.05, 0) is 61.1 Å². The Balaban J connectivity index is 1.78. The Labute approximate surface area is 192 Å². The SMILES string of the molecule is CCc1cccc2cc(O)cc(-c3ncc4c(N5CCCCC5C)nc(OC)nc4c3F)c12. The molecule has 0 saturated carbocycles. The molecule has 5 rings (SSSR count). The smallest absolute Gasteiger partial charge is 0.318 e. The number of pyridine rings is 1. The minimum Gasteiger partial charge on any atom is -0.508 e. The minimum absolute atomic E-state index is 0.0650. The fourth-order valence-electron chi connectivity index (χ4n) is 4.90. The molecule has 6 nitrogen and oxygen atoms in total. The maximum Gasteiger partial charge on any atom is 0.318 e. The molecule has 4 aromatic rings. The number of phenolic OH excluding ortho intramolecular Hbond substituents is 1. The number of aromatic hydroxyl groups is 1. The van der Waals surface area contributed by atoms with Crippen LogP contribution in [0.4, 0.5) is 10.2 Å². The molecule has 1 aliphatic rings. The molecular formula is C26H27FN4O2. The zero-order valence-electron chi connectivity index (χ0n) is 19.1. The van der Waals surface area contributed by atoms with Gasteiger partial charge in [0.25, 0.3) is 0 Å². The van der Waals surface area contributed by atoms with Crippen LogP contribution in [0.3, 0.4) is 0 Å². The van der Waals surface area contributed by atoms with E-state index in [1.54, 1.807) is 18.3 Å². The Morgan fingerprint density at radius 3 is 2.82 bits per heavy atom. The van der Waals surface area contributed by atoms with Gasteiger partial charge in [-0.25, -0.2) is 4.39 Å². The lowest BCUT2D eigenvalue weighted by Crippen LogP contribution is -2.38. The van der Waals surface area contributed by atoms with Crippen LogP contribution in [0.25, 0.3) is 32.9 Å². The van der Waals surface area contributed by atoms with Gasteiger partial charge in [0, 0.05) is 24.3 Å². The van der Waals surface area contributed by atoms with Crippen LogP contribution >= 0.6 is 0 Å². The molecule has 7 heteroatoms. The van der Waals surface area contributed by atoms with Crippen molar-refractivity contribution < 1.29 is 14.2 Å². The second kappa shape index (κ2) is 8.46. The number of aryl methyl sites for hydroxylation is 1. The number of hydrogen-bond donors (Lipinski definition) is 1. The number of halogens is 1. The highest BCUT2D eigenvalue weighted by molar-refractivity contribution is 6.01. The first kappa shape index (κ1) is 21.4. The van der Waals surface area contributed by atoms with Gasteiger partial charge >= 0.3 is 6.01 Å². The van der Waals surface area contributed by atoms with Crippen molar-refractivity contribution in [3.05, 3.63) is 47.9 Å². The summed E-state index contributed by atoms with van der Waals surface area (Å²) in [4.78, 5) is 15.7. The molecule has 1 N–H and O–H groups in total. The van der Waals surface area contributed by atoms with Gasteiger partial charge in [-0.15, -0.1) is 0 Å². The number of aromatic nitrogens is 3. The first-order chi connectivity index (χ1) is 16.0. The van der Waals surface area contributed by atoms with Crippen molar-refractivity contribution in [3.63, 3.8) is 0 Å². The van der Waals surface area contributed by atoms with E-state index in [-0.39, 0.29) is 29.0 Å². The number of phenols is 1. The third kappa shape index (κ3) is 3.61. The fourth-order valence-corrected chi connectivity index (χ4v) is 4.90. The number of benzene rings is 2. The molecular weight excluding hydrogens is 419 g/mol. The zero-order valence-corrected chi connectivity index (χ0v) is 19.1. The molecule has 0 amide bonds. The Morgan fingerprint density at radius 2 is 2.06 bits per heavy atom. The number of methoxy groups -OCH3 is 1. The predicted octanol–water partition coefficient (Wildman–Crippen LogP) is 5.64. The summed E-state index contributed by atoms with van der Waals surface area (Å²) in [7, 11) is 1.49. The van der Waals surface area contributed by atoms with Crippen LogP contribution in [-0.4, -0.2) is 39.8 Å². The summed E-state index contributed by atoms with van der Waals surface area (Å²) in [5.41, 5.74) is 1.94. The average molecular weight is 447 g/mol. The van der Waals surface area contributed by atoms with Gasteiger partial charge in [-0.1, -0.05) is 25.1 Å². The number of piperidine rings is 1. The molecule has 0 aliphatic carbocycles. The molecule has 1 saturated heterocycles. The van der Waals surface area contributed by atoms with E-state index in [1.807, 2.05) is 18.2 Å². The second-order valence-electron chi connectivity index (χ2n) is 8.62. The van der Waals surface area contributed by atoms with Crippen molar-refractivity contribution in [2.24, 2.45) is 0 Å². The zero-order chi connectivity index (χ0) is 23.1. The van der Waals surface area contributed by atoms with Crippen LogP contribution in [0.2, 0.25) is 0 Å². The van der Waals surface area contributed by atoms with E-state index in [0.29, 0.717) is 16.8 Å². The summed E-state index contributed by atoms with van der Waals surface area (Å²) >= 11 is 0. The molecule has 1 unspecified atom stereocenters. The van der Waals surface area contributed by atoms with Crippen LogP contribution < -0.4 is 9.64 Å². The van der Waals surface area contributed by atoms with Gasteiger partial charge in [0.05, 0.1) is 12.5 Å². The number of anilines is 1. The highest BCUT2D eigenvalue weighted by atomic mass is 19.1. The van der Waals surface area contributed by atoms with Gasteiger partial charge in [0.1, 0.15) is 22.8 Å². The lowest BCUT2D eigenvalue weighted by molar-refractivity contribution is 0.379. The number of nitrogens with zero attached hydrogens (tertiary/aromatic N) is 4. The van der Waals surface area contributed by atoms with Crippen LogP contribution in [0, 0.1) is 5.82 Å². The summed E-state index contributed by atoms with van der Waals surface area (Å²) in [6.07, 6.45) is 5.70. The van der Waals surface area contributed by atoms with Crippen molar-refractivity contribution in [2.75, 3.05) is 18.6 Å². The minimum atomic E-state index is -0.545. The highest BCUT2D eigenvalue weighted by Gasteiger charge is 2.26. The Morgan fingerprint density at radius 1 is 1.21 bits per heavy atom. The van der Waals surface area contributed by atoms with Gasteiger partial charge < -0.3 is 14.7 Å². The van der Waals surface area contributed by atoms with Crippen molar-refractivity contribution >= 4 is 27.5 Å². The number of hydrogen-bond acceptors (Lipinski definition) is 6. The second-order valence-corrected chi connectivity index (χ2v) is 8.62. The third-order valence-electron chi connectivity index (χ3n) is 6.59. The van der Waals surface area contributed by atoms with Gasteiger partial charge in [-0.2, -0.15) is 9.97 Å². The Bertz CT molecular complexity index is 1360. The van der Waals surface area contributed by atoms with Crippen LogP contribution in [0.1, 0.15) is 38.7 Å². The molecule has 1 atom stereocenters. The topological polar surface area (TPSA) is 71.4 Å². The van der Waals surface area contributed by atoms with Crippen molar-refractivity contribution in [1.82, 2.24) is 15.0 Å². The lowest BCUT2D eigenvalue weighted by Gasteiger charge is -2.35. The summed E-state index contributed by atoms with van der Waals surface area (Å²) in [5.74, 6) is 0.170. The molecule has 170 valence electrons. The molecule has 2 aromatic heterocycles. The first-order valence-corrected chi connectivity index (χ1v) is 11.4. The van der Waals surface area contributed by atoms with E-state index in [2.05, 4.69) is 33.7 Å². The van der Waals surface area contributed by atoms with Crippen LogP contribution in [-0.2, 0) is 6.42 Å². The maximum absolute atomic E-state index is 16.1. The summed E-state index contributed by atoms with van der Waals surface area (Å²) in [6.45, 7) is 5.06. The third-order valence-corrected chi connectivity index (χ3v) is 6.59. The predicted molar refractivity (Wildman–Crippen MR) is 128 cm³/mol. The normalized spacial score (nSPS) is 16.5. The fraction of sp³-hybridized carbons (Fsp3) is 0.346. The molecule has 1 aliphatic heterocycles. The molecule has 0 bridgehead atoms. The van der Waals surface area contributed by atoms with Crippen molar-refractivity contribution in [1.29, 1.82) is 0 Å². The lowest BCUT2D eigenvalue weighted by atomic mass is 9.95. The van der Waals surface area contributed by atoms with Crippen LogP contribution in [0.5, 0.6) is 11.8 Å². The quantitative estimate of drug-likeness (QED) is 0.437. The van der Waals surface area contributed by atoms with Gasteiger partial charge in [0.15, 0.2) is 5.82 Å². The molecule has 33 heavy (non-hydrogen) atoms.